The second kappa shape index (κ2) is 4.97. The first-order chi connectivity index (χ1) is 7.83. The molecule has 0 aliphatic heterocycles. The number of aromatic nitrogens is 1. The van der Waals surface area contributed by atoms with Crippen molar-refractivity contribution in [2.75, 3.05) is 0 Å². The maximum absolute atomic E-state index is 12.1. The van der Waals surface area contributed by atoms with Gasteiger partial charge in [0.2, 0.25) is 0 Å². The molecule has 0 amide bonds. The Morgan fingerprint density at radius 2 is 1.94 bits per heavy atom. The van der Waals surface area contributed by atoms with Crippen LogP contribution in [0.5, 0.6) is 0 Å². The van der Waals surface area contributed by atoms with Crippen LogP contribution in [0.15, 0.2) is 41.3 Å². The molecule has 0 saturated carbocycles. The summed E-state index contributed by atoms with van der Waals surface area (Å²) in [6.07, 6.45) is 5.34. The summed E-state index contributed by atoms with van der Waals surface area (Å²) >= 11 is 0. The van der Waals surface area contributed by atoms with E-state index < -0.39 is 0 Å². The zero-order chi connectivity index (χ0) is 11.4. The van der Waals surface area contributed by atoms with Gasteiger partial charge in [-0.05, 0) is 23.9 Å². The third-order valence-corrected chi connectivity index (χ3v) is 2.89. The highest BCUT2D eigenvalue weighted by atomic mass is 16.1. The van der Waals surface area contributed by atoms with Crippen molar-refractivity contribution in [3.8, 4) is 0 Å². The Morgan fingerprint density at radius 1 is 1.12 bits per heavy atom. The van der Waals surface area contributed by atoms with Gasteiger partial charge in [0.15, 0.2) is 0 Å². The highest BCUT2D eigenvalue weighted by Gasteiger charge is 2.00. The van der Waals surface area contributed by atoms with Crippen LogP contribution in [-0.2, 0) is 6.54 Å². The van der Waals surface area contributed by atoms with Gasteiger partial charge < -0.3 is 4.57 Å². The number of nitrogens with zero attached hydrogens (tertiary/aromatic N) is 1. The molecule has 0 fully saturated rings. The monoisotopic (exact) mass is 215 g/mol. The average molecular weight is 215 g/mol. The molecule has 2 nitrogen and oxygen atoms in total. The van der Waals surface area contributed by atoms with Crippen LogP contribution in [0.1, 0.15) is 26.2 Å². The van der Waals surface area contributed by atoms with E-state index >= 15 is 0 Å². The molecule has 0 N–H and O–H groups in total. The van der Waals surface area contributed by atoms with Gasteiger partial charge in [-0.25, -0.2) is 0 Å². The number of pyridine rings is 1. The maximum Gasteiger partial charge on any atom is 0.258 e. The quantitative estimate of drug-likeness (QED) is 0.718. The predicted molar refractivity (Wildman–Crippen MR) is 67.7 cm³/mol. The number of hydrogen-bond donors (Lipinski definition) is 0. The van der Waals surface area contributed by atoms with Crippen molar-refractivity contribution in [1.29, 1.82) is 0 Å². The van der Waals surface area contributed by atoms with Crippen LogP contribution in [0.25, 0.3) is 10.8 Å². The third-order valence-electron chi connectivity index (χ3n) is 2.89. The minimum absolute atomic E-state index is 0.134. The number of benzene rings is 1. The largest absolute Gasteiger partial charge is 0.315 e. The van der Waals surface area contributed by atoms with E-state index in [1.807, 2.05) is 41.1 Å². The summed E-state index contributed by atoms with van der Waals surface area (Å²) < 4.78 is 1.82. The van der Waals surface area contributed by atoms with Gasteiger partial charge >= 0.3 is 0 Å². The topological polar surface area (TPSA) is 22.0 Å². The van der Waals surface area contributed by atoms with Crippen molar-refractivity contribution >= 4 is 10.8 Å². The molecule has 0 aliphatic carbocycles. The summed E-state index contributed by atoms with van der Waals surface area (Å²) in [5.74, 6) is 0. The fourth-order valence-corrected chi connectivity index (χ4v) is 1.94. The van der Waals surface area contributed by atoms with E-state index in [0.717, 1.165) is 23.7 Å². The summed E-state index contributed by atoms with van der Waals surface area (Å²) in [4.78, 5) is 12.1. The van der Waals surface area contributed by atoms with Crippen LogP contribution < -0.4 is 5.56 Å². The lowest BCUT2D eigenvalue weighted by atomic mass is 10.2. The lowest BCUT2D eigenvalue weighted by molar-refractivity contribution is 0.590. The van der Waals surface area contributed by atoms with Crippen LogP contribution in [0.3, 0.4) is 0 Å². The fraction of sp³-hybridized carbons (Fsp3) is 0.357. The van der Waals surface area contributed by atoms with Gasteiger partial charge in [0.1, 0.15) is 0 Å². The Morgan fingerprint density at radius 3 is 2.75 bits per heavy atom. The molecule has 0 saturated heterocycles. The summed E-state index contributed by atoms with van der Waals surface area (Å²) in [5, 5.41) is 1.85. The van der Waals surface area contributed by atoms with E-state index in [4.69, 9.17) is 0 Å². The molecule has 1 heterocycles. The second-order valence-corrected chi connectivity index (χ2v) is 4.11. The molecular formula is C14H17NO. The van der Waals surface area contributed by atoms with Crippen molar-refractivity contribution in [2.45, 2.75) is 32.7 Å². The van der Waals surface area contributed by atoms with Crippen LogP contribution in [-0.4, -0.2) is 4.57 Å². The predicted octanol–water partition coefficient (Wildman–Crippen LogP) is 3.19. The normalized spacial score (nSPS) is 10.8. The highest BCUT2D eigenvalue weighted by Crippen LogP contribution is 2.08. The minimum atomic E-state index is 0.134. The molecule has 2 heteroatoms. The third kappa shape index (κ3) is 2.16. The smallest absolute Gasteiger partial charge is 0.258 e. The Bertz CT molecular complexity index is 527. The Kier molecular flexibility index (Phi) is 3.40. The van der Waals surface area contributed by atoms with Crippen molar-refractivity contribution in [1.82, 2.24) is 4.57 Å². The number of fused-ring (bicyclic) bond motifs is 1. The van der Waals surface area contributed by atoms with E-state index in [-0.39, 0.29) is 5.56 Å². The molecular weight excluding hydrogens is 198 g/mol. The molecule has 0 unspecified atom stereocenters. The SMILES string of the molecule is CCCCCn1ccc2ccccc2c1=O. The fourth-order valence-electron chi connectivity index (χ4n) is 1.94. The number of rotatable bonds is 4. The van der Waals surface area contributed by atoms with Crippen LogP contribution >= 0.6 is 0 Å². The van der Waals surface area contributed by atoms with Gasteiger partial charge in [-0.2, -0.15) is 0 Å². The highest BCUT2D eigenvalue weighted by molar-refractivity contribution is 5.81. The second-order valence-electron chi connectivity index (χ2n) is 4.11. The van der Waals surface area contributed by atoms with E-state index in [9.17, 15) is 4.79 Å². The number of hydrogen-bond acceptors (Lipinski definition) is 1. The van der Waals surface area contributed by atoms with Gasteiger partial charge in [-0.3, -0.25) is 4.79 Å². The van der Waals surface area contributed by atoms with Gasteiger partial charge in [-0.15, -0.1) is 0 Å². The first-order valence-corrected chi connectivity index (χ1v) is 5.91. The molecule has 0 bridgehead atoms. The van der Waals surface area contributed by atoms with Gasteiger partial charge in [0.25, 0.3) is 5.56 Å². The summed E-state index contributed by atoms with van der Waals surface area (Å²) in [5.41, 5.74) is 0.134. The molecule has 1 aromatic heterocycles. The first-order valence-electron chi connectivity index (χ1n) is 5.91. The zero-order valence-corrected chi connectivity index (χ0v) is 9.65. The summed E-state index contributed by atoms with van der Waals surface area (Å²) in [7, 11) is 0. The molecule has 84 valence electrons. The molecule has 0 radical (unpaired) electrons. The number of aryl methyl sites for hydroxylation is 1. The van der Waals surface area contributed by atoms with Crippen LogP contribution in [0, 0.1) is 0 Å². The van der Waals surface area contributed by atoms with Crippen molar-refractivity contribution in [2.24, 2.45) is 0 Å². The van der Waals surface area contributed by atoms with Crippen molar-refractivity contribution < 1.29 is 0 Å². The molecule has 0 aliphatic rings. The molecule has 2 aromatic rings. The Labute approximate surface area is 95.5 Å². The minimum Gasteiger partial charge on any atom is -0.315 e. The average Bonchev–Trinajstić information content (AvgIpc) is 2.33. The molecule has 0 atom stereocenters. The van der Waals surface area contributed by atoms with Crippen molar-refractivity contribution in [3.05, 3.63) is 46.9 Å². The molecule has 2 rings (SSSR count). The van der Waals surface area contributed by atoms with E-state index in [2.05, 4.69) is 6.92 Å². The summed E-state index contributed by atoms with van der Waals surface area (Å²) in [6.45, 7) is 3.00. The van der Waals surface area contributed by atoms with Gasteiger partial charge in [0.05, 0.1) is 0 Å². The first kappa shape index (κ1) is 10.9. The lowest BCUT2D eigenvalue weighted by Gasteiger charge is -2.06. The van der Waals surface area contributed by atoms with E-state index in [0.29, 0.717) is 0 Å². The Hall–Kier alpha value is -1.57. The standard InChI is InChI=1S/C14H17NO/c1-2-3-6-10-15-11-9-12-7-4-5-8-13(12)14(15)16/h4-5,7-9,11H,2-3,6,10H2,1H3. The van der Waals surface area contributed by atoms with Gasteiger partial charge in [-0.1, -0.05) is 38.0 Å². The summed E-state index contributed by atoms with van der Waals surface area (Å²) in [6, 6.07) is 9.77. The molecule has 1 aromatic carbocycles. The zero-order valence-electron chi connectivity index (χ0n) is 9.65. The van der Waals surface area contributed by atoms with Gasteiger partial charge in [0, 0.05) is 18.1 Å². The van der Waals surface area contributed by atoms with Crippen molar-refractivity contribution in [3.63, 3.8) is 0 Å². The molecule has 0 spiro atoms. The van der Waals surface area contributed by atoms with Crippen LogP contribution in [0.4, 0.5) is 0 Å². The van der Waals surface area contributed by atoms with Crippen LogP contribution in [0.2, 0.25) is 0 Å². The van der Waals surface area contributed by atoms with E-state index in [1.54, 1.807) is 0 Å². The molecule has 16 heavy (non-hydrogen) atoms. The number of unbranched alkanes of at least 4 members (excludes halogenated alkanes) is 2. The van der Waals surface area contributed by atoms with E-state index in [1.165, 1.54) is 12.8 Å². The maximum atomic E-state index is 12.1. The Balaban J connectivity index is 2.33. The lowest BCUT2D eigenvalue weighted by Crippen LogP contribution is -2.19.